The summed E-state index contributed by atoms with van der Waals surface area (Å²) in [6.45, 7) is 7.75. The summed E-state index contributed by atoms with van der Waals surface area (Å²) in [5, 5.41) is 12.1. The molecule has 0 radical (unpaired) electrons. The first-order valence-electron chi connectivity index (χ1n) is 12.2. The highest BCUT2D eigenvalue weighted by Gasteiger charge is 2.59. The molecule has 1 atom stereocenters. The van der Waals surface area contributed by atoms with E-state index in [1.54, 1.807) is 33.8 Å². The first kappa shape index (κ1) is 27.1. The molecule has 36 heavy (non-hydrogen) atoms. The van der Waals surface area contributed by atoms with Crippen LogP contribution in [0.15, 0.2) is 22.7 Å². The van der Waals surface area contributed by atoms with Gasteiger partial charge in [0.1, 0.15) is 5.76 Å². The standard InChI is InChI=1S/C25H34N4O7/c1-5-35-20(32)8-9-25(13-24(14-25)10-11-26-23(24)34)28-19(31)7-6-18(30)21(15(2)3)27-22(33)17-12-16(4)36-29-17/h8-9,12,15,21H,5-7,10-11,13-14H2,1-4H3,(H,26,34)(H,27,33)(H,28,31)/b9-8+/t21-,24?,25?/m0/s1. The average Bonchev–Trinajstić information content (AvgIpc) is 3.39. The maximum atomic E-state index is 12.9. The van der Waals surface area contributed by atoms with Gasteiger partial charge in [-0.25, -0.2) is 4.79 Å². The fourth-order valence-corrected chi connectivity index (χ4v) is 4.92. The van der Waals surface area contributed by atoms with Gasteiger partial charge in [-0.05, 0) is 39.0 Å². The first-order valence-corrected chi connectivity index (χ1v) is 12.2. The van der Waals surface area contributed by atoms with Crippen LogP contribution in [-0.2, 0) is 23.9 Å². The largest absolute Gasteiger partial charge is 0.463 e. The number of nitrogens with zero attached hydrogens (tertiary/aromatic N) is 1. The van der Waals surface area contributed by atoms with Crippen molar-refractivity contribution in [3.8, 4) is 0 Å². The van der Waals surface area contributed by atoms with E-state index in [0.717, 1.165) is 0 Å². The second-order valence-electron chi connectivity index (χ2n) is 9.91. The molecule has 11 nitrogen and oxygen atoms in total. The molecule has 1 aromatic rings. The Morgan fingerprint density at radius 1 is 1.25 bits per heavy atom. The quantitative estimate of drug-likeness (QED) is 0.302. The van der Waals surface area contributed by atoms with Crippen LogP contribution in [0.2, 0.25) is 0 Å². The van der Waals surface area contributed by atoms with Crippen molar-refractivity contribution < 1.29 is 33.2 Å². The molecule has 1 aliphatic carbocycles. The van der Waals surface area contributed by atoms with Crippen molar-refractivity contribution in [3.63, 3.8) is 0 Å². The molecular weight excluding hydrogens is 468 g/mol. The summed E-state index contributed by atoms with van der Waals surface area (Å²) >= 11 is 0. The lowest BCUT2D eigenvalue weighted by Gasteiger charge is -2.52. The lowest BCUT2D eigenvalue weighted by Crippen LogP contribution is -2.63. The van der Waals surface area contributed by atoms with E-state index in [0.29, 0.717) is 31.6 Å². The van der Waals surface area contributed by atoms with Gasteiger partial charge < -0.3 is 25.2 Å². The summed E-state index contributed by atoms with van der Waals surface area (Å²) in [5.74, 6) is -1.51. The number of rotatable bonds is 11. The SMILES string of the molecule is CCOC(=O)/C=C/C1(NC(=O)CCC(=O)[C@@H](NC(=O)c2cc(C)on2)C(C)C)CC2(CCNC2=O)C1. The zero-order chi connectivity index (χ0) is 26.5. The van der Waals surface area contributed by atoms with Crippen molar-refractivity contribution in [2.75, 3.05) is 13.2 Å². The number of aromatic nitrogens is 1. The molecule has 2 aliphatic rings. The summed E-state index contributed by atoms with van der Waals surface area (Å²) in [6.07, 6.45) is 4.05. The van der Waals surface area contributed by atoms with Gasteiger partial charge in [0.25, 0.3) is 5.91 Å². The summed E-state index contributed by atoms with van der Waals surface area (Å²) in [4.78, 5) is 62.3. The summed E-state index contributed by atoms with van der Waals surface area (Å²) < 4.78 is 9.85. The van der Waals surface area contributed by atoms with Crippen molar-refractivity contribution in [2.45, 2.75) is 71.4 Å². The molecular formula is C25H34N4O7. The van der Waals surface area contributed by atoms with Gasteiger partial charge >= 0.3 is 5.97 Å². The van der Waals surface area contributed by atoms with Crippen LogP contribution in [0.3, 0.4) is 0 Å². The van der Waals surface area contributed by atoms with E-state index in [-0.39, 0.29) is 48.7 Å². The van der Waals surface area contributed by atoms with Crippen molar-refractivity contribution in [3.05, 3.63) is 29.7 Å². The van der Waals surface area contributed by atoms with Gasteiger partial charge in [-0.15, -0.1) is 0 Å². The van der Waals surface area contributed by atoms with E-state index >= 15 is 0 Å². The third kappa shape index (κ3) is 6.19. The van der Waals surface area contributed by atoms with E-state index in [2.05, 4.69) is 21.1 Å². The number of ketones is 1. The Hall–Kier alpha value is -3.50. The summed E-state index contributed by atoms with van der Waals surface area (Å²) in [5.41, 5.74) is -1.35. The molecule has 3 rings (SSSR count). The number of nitrogens with one attached hydrogen (secondary N) is 3. The number of ether oxygens (including phenoxy) is 1. The minimum Gasteiger partial charge on any atom is -0.463 e. The highest BCUT2D eigenvalue weighted by molar-refractivity contribution is 5.97. The molecule has 3 N–H and O–H groups in total. The molecule has 0 bridgehead atoms. The van der Waals surface area contributed by atoms with Crippen LogP contribution in [0.25, 0.3) is 0 Å². The predicted octanol–water partition coefficient (Wildman–Crippen LogP) is 1.36. The van der Waals surface area contributed by atoms with E-state index in [1.807, 2.05) is 0 Å². The number of carbonyl (C=O) groups is 5. The van der Waals surface area contributed by atoms with Crippen LogP contribution < -0.4 is 16.0 Å². The molecule has 1 aromatic heterocycles. The molecule has 2 heterocycles. The maximum absolute atomic E-state index is 12.9. The third-order valence-corrected chi connectivity index (χ3v) is 6.65. The Balaban J connectivity index is 1.60. The van der Waals surface area contributed by atoms with E-state index in [1.165, 1.54) is 12.1 Å². The number of hydrogen-bond donors (Lipinski definition) is 3. The number of hydrogen-bond acceptors (Lipinski definition) is 8. The van der Waals surface area contributed by atoms with Crippen LogP contribution in [0, 0.1) is 18.3 Å². The Labute approximate surface area is 209 Å². The van der Waals surface area contributed by atoms with Crippen LogP contribution in [0.5, 0.6) is 0 Å². The molecule has 2 fully saturated rings. The molecule has 1 spiro atoms. The normalized spacial score (nSPS) is 23.9. The third-order valence-electron chi connectivity index (χ3n) is 6.65. The minimum absolute atomic E-state index is 0.0510. The van der Waals surface area contributed by atoms with E-state index < -0.39 is 28.9 Å². The molecule has 1 aliphatic heterocycles. The summed E-state index contributed by atoms with van der Waals surface area (Å²) in [7, 11) is 0. The van der Waals surface area contributed by atoms with Gasteiger partial charge in [0.15, 0.2) is 11.5 Å². The lowest BCUT2D eigenvalue weighted by atomic mass is 9.56. The molecule has 3 amide bonds. The smallest absolute Gasteiger partial charge is 0.330 e. The molecule has 0 unspecified atom stereocenters. The highest BCUT2D eigenvalue weighted by Crippen LogP contribution is 2.53. The summed E-state index contributed by atoms with van der Waals surface area (Å²) in [6, 6.07) is 0.679. The van der Waals surface area contributed by atoms with Crippen LogP contribution in [0.1, 0.15) is 69.1 Å². The van der Waals surface area contributed by atoms with Gasteiger partial charge in [0.2, 0.25) is 11.8 Å². The predicted molar refractivity (Wildman–Crippen MR) is 128 cm³/mol. The van der Waals surface area contributed by atoms with Crippen LogP contribution in [0.4, 0.5) is 0 Å². The molecule has 1 saturated heterocycles. The van der Waals surface area contributed by atoms with Gasteiger partial charge in [0.05, 0.1) is 23.6 Å². The Morgan fingerprint density at radius 3 is 2.53 bits per heavy atom. The Kier molecular flexibility index (Phi) is 8.31. The van der Waals surface area contributed by atoms with Crippen LogP contribution >= 0.6 is 0 Å². The topological polar surface area (TPSA) is 157 Å². The Bertz CT molecular complexity index is 1050. The fourth-order valence-electron chi connectivity index (χ4n) is 4.92. The second kappa shape index (κ2) is 11.0. The number of Topliss-reactive ketones (excluding diaryl/α,β-unsaturated/α-hetero) is 1. The van der Waals surface area contributed by atoms with E-state index in [4.69, 9.17) is 9.26 Å². The van der Waals surface area contributed by atoms with Crippen molar-refractivity contribution in [1.82, 2.24) is 21.1 Å². The van der Waals surface area contributed by atoms with E-state index in [9.17, 15) is 24.0 Å². The first-order chi connectivity index (χ1) is 17.0. The monoisotopic (exact) mass is 502 g/mol. The van der Waals surface area contributed by atoms with Crippen molar-refractivity contribution in [1.29, 1.82) is 0 Å². The average molecular weight is 503 g/mol. The second-order valence-corrected chi connectivity index (χ2v) is 9.91. The fraction of sp³-hybridized carbons (Fsp3) is 0.600. The van der Waals surface area contributed by atoms with Gasteiger partial charge in [-0.1, -0.05) is 25.1 Å². The van der Waals surface area contributed by atoms with Gasteiger partial charge in [-0.3, -0.25) is 19.2 Å². The van der Waals surface area contributed by atoms with Gasteiger partial charge in [-0.2, -0.15) is 0 Å². The molecule has 11 heteroatoms. The minimum atomic E-state index is -0.870. The van der Waals surface area contributed by atoms with Crippen molar-refractivity contribution in [2.24, 2.45) is 11.3 Å². The zero-order valence-electron chi connectivity index (χ0n) is 21.1. The Morgan fingerprint density at radius 2 is 1.97 bits per heavy atom. The van der Waals surface area contributed by atoms with Gasteiger partial charge in [0, 0.05) is 31.5 Å². The lowest BCUT2D eigenvalue weighted by molar-refractivity contribution is -0.139. The van der Waals surface area contributed by atoms with Crippen molar-refractivity contribution >= 4 is 29.5 Å². The number of carbonyl (C=O) groups excluding carboxylic acids is 5. The van der Waals surface area contributed by atoms with Crippen LogP contribution in [-0.4, -0.2) is 59.4 Å². The molecule has 1 saturated carbocycles. The number of amides is 3. The number of aryl methyl sites for hydroxylation is 1. The molecule has 196 valence electrons. The number of esters is 1. The molecule has 0 aromatic carbocycles. The zero-order valence-corrected chi connectivity index (χ0v) is 21.1. The maximum Gasteiger partial charge on any atom is 0.330 e. The highest BCUT2D eigenvalue weighted by atomic mass is 16.5.